The molecule has 0 spiro atoms. The van der Waals surface area contributed by atoms with Crippen LogP contribution in [0.25, 0.3) is 15.7 Å². The van der Waals surface area contributed by atoms with Crippen LogP contribution in [0.3, 0.4) is 0 Å². The Bertz CT molecular complexity index is 659. The molecule has 3 aromatic rings. The largest absolute Gasteiger partial charge is 0.222 e. The molecule has 0 fully saturated rings. The number of benzene rings is 1. The molecule has 2 nitrogen and oxygen atoms in total. The molecular formula is C18H28N2S. The zero-order valence-electron chi connectivity index (χ0n) is 14.3. The van der Waals surface area contributed by atoms with Gasteiger partial charge in [0.05, 0.1) is 5.52 Å². The minimum atomic E-state index is 0.542. The van der Waals surface area contributed by atoms with E-state index in [1.165, 1.54) is 21.3 Å². The van der Waals surface area contributed by atoms with Gasteiger partial charge in [0.2, 0.25) is 0 Å². The zero-order valence-corrected chi connectivity index (χ0v) is 15.2. The van der Waals surface area contributed by atoms with E-state index in [2.05, 4.69) is 68.5 Å². The maximum Gasteiger partial charge on any atom is 0.123 e. The van der Waals surface area contributed by atoms with E-state index in [4.69, 9.17) is 0 Å². The van der Waals surface area contributed by atoms with E-state index in [1.54, 1.807) is 11.3 Å². The highest BCUT2D eigenvalue weighted by atomic mass is 32.1. The molecule has 2 heterocycles. The summed E-state index contributed by atoms with van der Waals surface area (Å²) >= 11 is 1.72. The Morgan fingerprint density at radius 2 is 1.57 bits per heavy atom. The molecule has 3 heteroatoms. The normalized spacial score (nSPS) is 10.5. The molecule has 0 bridgehead atoms. The Balaban J connectivity index is 0.000000322. The number of nitrogens with zero attached hydrogens (tertiary/aromatic N) is 2. The standard InChI is InChI=1S/C12H12N2S.C4H10.C2H6/c1-8(2)11-9-5-3-4-6-10(9)14-12(11)15-7-13-14;1-4(2)3;1-2/h3-8H,1-2H3;4H,1-3H3;1-2H3. The highest BCUT2D eigenvalue weighted by Gasteiger charge is 2.15. The van der Waals surface area contributed by atoms with E-state index in [9.17, 15) is 0 Å². The molecule has 0 unspecified atom stereocenters. The molecule has 0 radical (unpaired) electrons. The molecule has 0 saturated heterocycles. The van der Waals surface area contributed by atoms with Gasteiger partial charge in [0.25, 0.3) is 0 Å². The number of hydrogen-bond donors (Lipinski definition) is 0. The summed E-state index contributed by atoms with van der Waals surface area (Å²) in [6.45, 7) is 15.0. The molecule has 0 N–H and O–H groups in total. The lowest BCUT2D eigenvalue weighted by Gasteiger charge is -2.01. The van der Waals surface area contributed by atoms with Crippen molar-refractivity contribution in [1.29, 1.82) is 0 Å². The van der Waals surface area contributed by atoms with Crippen LogP contribution >= 0.6 is 11.3 Å². The van der Waals surface area contributed by atoms with E-state index in [0.717, 1.165) is 5.92 Å². The van der Waals surface area contributed by atoms with Crippen molar-refractivity contribution < 1.29 is 0 Å². The second-order valence-electron chi connectivity index (χ2n) is 5.77. The topological polar surface area (TPSA) is 17.3 Å². The van der Waals surface area contributed by atoms with E-state index in [-0.39, 0.29) is 0 Å². The summed E-state index contributed by atoms with van der Waals surface area (Å²) in [5.74, 6) is 1.38. The van der Waals surface area contributed by atoms with E-state index in [0.29, 0.717) is 5.92 Å². The van der Waals surface area contributed by atoms with Crippen molar-refractivity contribution in [2.45, 2.75) is 54.4 Å². The van der Waals surface area contributed by atoms with Gasteiger partial charge in [0.15, 0.2) is 0 Å². The van der Waals surface area contributed by atoms with E-state index in [1.807, 2.05) is 19.4 Å². The summed E-state index contributed by atoms with van der Waals surface area (Å²) in [4.78, 5) is 1.28. The first kappa shape index (κ1) is 17.7. The molecule has 3 rings (SSSR count). The van der Waals surface area contributed by atoms with Crippen LogP contribution in [0.4, 0.5) is 0 Å². The van der Waals surface area contributed by atoms with Crippen molar-refractivity contribution in [2.75, 3.05) is 0 Å². The Morgan fingerprint density at radius 3 is 2.14 bits per heavy atom. The molecule has 1 aromatic carbocycles. The average molecular weight is 305 g/mol. The van der Waals surface area contributed by atoms with Crippen LogP contribution in [-0.2, 0) is 0 Å². The molecule has 21 heavy (non-hydrogen) atoms. The summed E-state index contributed by atoms with van der Waals surface area (Å²) in [6.07, 6.45) is 0. The number of hydrogen-bond acceptors (Lipinski definition) is 2. The number of rotatable bonds is 1. The van der Waals surface area contributed by atoms with Crippen molar-refractivity contribution >= 4 is 27.1 Å². The first-order chi connectivity index (χ1) is 10.0. The summed E-state index contributed by atoms with van der Waals surface area (Å²) in [5.41, 5.74) is 4.55. The number of aromatic nitrogens is 2. The van der Waals surface area contributed by atoms with Crippen molar-refractivity contribution in [2.24, 2.45) is 5.92 Å². The third kappa shape index (κ3) is 4.07. The first-order valence-electron chi connectivity index (χ1n) is 7.85. The van der Waals surface area contributed by atoms with Gasteiger partial charge in [-0.2, -0.15) is 5.10 Å². The third-order valence-electron chi connectivity index (χ3n) is 2.75. The van der Waals surface area contributed by atoms with Gasteiger partial charge in [-0.05, 0) is 17.9 Å². The summed E-state index contributed by atoms with van der Waals surface area (Å²) < 4.78 is 2.05. The quantitative estimate of drug-likeness (QED) is 0.511. The van der Waals surface area contributed by atoms with Gasteiger partial charge in [-0.1, -0.05) is 66.7 Å². The Labute approximate surface area is 132 Å². The molecule has 0 amide bonds. The summed E-state index contributed by atoms with van der Waals surface area (Å²) in [6, 6.07) is 8.48. The van der Waals surface area contributed by atoms with Crippen LogP contribution < -0.4 is 0 Å². The van der Waals surface area contributed by atoms with Crippen LogP contribution in [0.15, 0.2) is 29.8 Å². The Kier molecular flexibility index (Phi) is 6.90. The van der Waals surface area contributed by atoms with Crippen LogP contribution in [-0.4, -0.2) is 9.61 Å². The minimum Gasteiger partial charge on any atom is -0.222 e. The second kappa shape index (κ2) is 8.18. The number of fused-ring (bicyclic) bond motifs is 3. The lowest BCUT2D eigenvalue weighted by Crippen LogP contribution is -1.84. The monoisotopic (exact) mass is 304 g/mol. The van der Waals surface area contributed by atoms with Crippen LogP contribution in [0.2, 0.25) is 0 Å². The summed E-state index contributed by atoms with van der Waals surface area (Å²) in [5, 5.41) is 5.72. The van der Waals surface area contributed by atoms with Crippen molar-refractivity contribution in [3.63, 3.8) is 0 Å². The molecule has 0 aliphatic rings. The maximum atomic E-state index is 4.39. The smallest absolute Gasteiger partial charge is 0.123 e. The van der Waals surface area contributed by atoms with Crippen molar-refractivity contribution in [1.82, 2.24) is 9.61 Å². The van der Waals surface area contributed by atoms with Gasteiger partial charge in [0.1, 0.15) is 10.3 Å². The Morgan fingerprint density at radius 1 is 1.00 bits per heavy atom. The van der Waals surface area contributed by atoms with Gasteiger partial charge in [-0.3, -0.25) is 0 Å². The summed E-state index contributed by atoms with van der Waals surface area (Å²) in [7, 11) is 0. The fourth-order valence-corrected chi connectivity index (χ4v) is 3.09. The van der Waals surface area contributed by atoms with Gasteiger partial charge in [-0.25, -0.2) is 4.52 Å². The SMILES string of the molecule is CC.CC(C)C.CC(C)c1c2ccccc2n2ncsc12. The molecule has 0 saturated carbocycles. The first-order valence-corrected chi connectivity index (χ1v) is 8.73. The molecule has 0 atom stereocenters. The highest BCUT2D eigenvalue weighted by molar-refractivity contribution is 7.15. The fraction of sp³-hybridized carbons (Fsp3) is 0.500. The lowest BCUT2D eigenvalue weighted by molar-refractivity contribution is 0.737. The van der Waals surface area contributed by atoms with Crippen LogP contribution in [0.5, 0.6) is 0 Å². The predicted octanol–water partition coefficient (Wildman–Crippen LogP) is 6.36. The van der Waals surface area contributed by atoms with Gasteiger partial charge >= 0.3 is 0 Å². The van der Waals surface area contributed by atoms with Crippen LogP contribution in [0, 0.1) is 5.92 Å². The van der Waals surface area contributed by atoms with E-state index < -0.39 is 0 Å². The van der Waals surface area contributed by atoms with Gasteiger partial charge in [0, 0.05) is 10.9 Å². The zero-order chi connectivity index (χ0) is 16.0. The molecular weight excluding hydrogens is 276 g/mol. The average Bonchev–Trinajstić information content (AvgIpc) is 2.99. The Hall–Kier alpha value is -1.35. The molecule has 2 aromatic heterocycles. The highest BCUT2D eigenvalue weighted by Crippen LogP contribution is 2.33. The third-order valence-corrected chi connectivity index (χ3v) is 3.57. The fourth-order valence-electron chi connectivity index (χ4n) is 2.13. The van der Waals surface area contributed by atoms with E-state index >= 15 is 0 Å². The second-order valence-corrected chi connectivity index (χ2v) is 6.61. The molecule has 0 aliphatic carbocycles. The van der Waals surface area contributed by atoms with Gasteiger partial charge in [-0.15, -0.1) is 11.3 Å². The number of para-hydroxylation sites is 1. The van der Waals surface area contributed by atoms with Crippen molar-refractivity contribution in [3.8, 4) is 0 Å². The van der Waals surface area contributed by atoms with Crippen LogP contribution in [0.1, 0.15) is 59.9 Å². The molecule has 0 aliphatic heterocycles. The minimum absolute atomic E-state index is 0.542. The van der Waals surface area contributed by atoms with Gasteiger partial charge < -0.3 is 0 Å². The lowest BCUT2D eigenvalue weighted by atomic mass is 10.0. The van der Waals surface area contributed by atoms with Crippen molar-refractivity contribution in [3.05, 3.63) is 35.3 Å². The molecule has 116 valence electrons. The predicted molar refractivity (Wildman–Crippen MR) is 96.5 cm³/mol. The maximum absolute atomic E-state index is 4.39.